The van der Waals surface area contributed by atoms with Crippen molar-refractivity contribution in [3.8, 4) is 0 Å². The van der Waals surface area contributed by atoms with Gasteiger partial charge in [-0.25, -0.2) is 5.10 Å². The van der Waals surface area contributed by atoms with Crippen LogP contribution in [0.25, 0.3) is 0 Å². The van der Waals surface area contributed by atoms with Gasteiger partial charge in [0.15, 0.2) is 0 Å². The monoisotopic (exact) mass is 326 g/mol. The van der Waals surface area contributed by atoms with Gasteiger partial charge in [0, 0.05) is 31.1 Å². The SMILES string of the molecule is O=c1ccc(N2CCCCC2CNc2ccc(C3CC3)nn2)n[nH]1. The second kappa shape index (κ2) is 6.59. The van der Waals surface area contributed by atoms with E-state index in [9.17, 15) is 4.79 Å². The molecule has 1 atom stereocenters. The van der Waals surface area contributed by atoms with Crippen LogP contribution in [0.2, 0.25) is 0 Å². The molecule has 1 saturated carbocycles. The second-order valence-electron chi connectivity index (χ2n) is 6.62. The van der Waals surface area contributed by atoms with E-state index < -0.39 is 0 Å². The zero-order chi connectivity index (χ0) is 16.4. The van der Waals surface area contributed by atoms with Crippen molar-refractivity contribution >= 4 is 11.6 Å². The molecule has 1 saturated heterocycles. The molecule has 24 heavy (non-hydrogen) atoms. The molecule has 1 unspecified atom stereocenters. The van der Waals surface area contributed by atoms with Crippen LogP contribution in [0.3, 0.4) is 0 Å². The summed E-state index contributed by atoms with van der Waals surface area (Å²) in [5, 5.41) is 18.7. The van der Waals surface area contributed by atoms with Gasteiger partial charge in [0.2, 0.25) is 0 Å². The van der Waals surface area contributed by atoms with E-state index in [0.29, 0.717) is 12.0 Å². The minimum Gasteiger partial charge on any atom is -0.367 e. The minimum atomic E-state index is -0.170. The van der Waals surface area contributed by atoms with Crippen LogP contribution in [0.5, 0.6) is 0 Å². The van der Waals surface area contributed by atoms with Gasteiger partial charge in [-0.2, -0.15) is 10.2 Å². The Balaban J connectivity index is 1.41. The number of aromatic amines is 1. The molecule has 0 aromatic carbocycles. The summed E-state index contributed by atoms with van der Waals surface area (Å²) >= 11 is 0. The molecule has 2 fully saturated rings. The van der Waals surface area contributed by atoms with Gasteiger partial charge >= 0.3 is 0 Å². The van der Waals surface area contributed by atoms with Crippen molar-refractivity contribution < 1.29 is 0 Å². The number of nitrogens with zero attached hydrogens (tertiary/aromatic N) is 4. The van der Waals surface area contributed by atoms with Crippen LogP contribution < -0.4 is 15.8 Å². The maximum Gasteiger partial charge on any atom is 0.264 e. The molecule has 0 amide bonds. The highest BCUT2D eigenvalue weighted by Crippen LogP contribution is 2.38. The molecule has 0 bridgehead atoms. The molecule has 2 aliphatic rings. The van der Waals surface area contributed by atoms with Crippen LogP contribution >= 0.6 is 0 Å². The van der Waals surface area contributed by atoms with Gasteiger partial charge in [-0.05, 0) is 50.3 Å². The Hall–Kier alpha value is -2.44. The molecule has 7 nitrogen and oxygen atoms in total. The molecule has 0 radical (unpaired) electrons. The van der Waals surface area contributed by atoms with Crippen LogP contribution in [-0.4, -0.2) is 39.5 Å². The molecule has 2 aromatic heterocycles. The van der Waals surface area contributed by atoms with Crippen LogP contribution in [-0.2, 0) is 0 Å². The van der Waals surface area contributed by atoms with Gasteiger partial charge in [-0.1, -0.05) is 0 Å². The van der Waals surface area contributed by atoms with Crippen LogP contribution in [0.15, 0.2) is 29.1 Å². The molecule has 3 heterocycles. The van der Waals surface area contributed by atoms with Crippen molar-refractivity contribution in [3.63, 3.8) is 0 Å². The molecule has 126 valence electrons. The molecular weight excluding hydrogens is 304 g/mol. The predicted octanol–water partition coefficient (Wildman–Crippen LogP) is 1.91. The van der Waals surface area contributed by atoms with Gasteiger partial charge in [-0.15, -0.1) is 5.10 Å². The number of piperidine rings is 1. The van der Waals surface area contributed by atoms with Gasteiger partial charge in [-0.3, -0.25) is 4.79 Å². The Morgan fingerprint density at radius 1 is 1.12 bits per heavy atom. The average molecular weight is 326 g/mol. The molecule has 4 rings (SSSR count). The van der Waals surface area contributed by atoms with Crippen LogP contribution in [0, 0.1) is 0 Å². The third-order valence-electron chi connectivity index (χ3n) is 4.79. The minimum absolute atomic E-state index is 0.170. The maximum atomic E-state index is 11.2. The van der Waals surface area contributed by atoms with E-state index in [1.807, 2.05) is 6.07 Å². The Morgan fingerprint density at radius 2 is 2.04 bits per heavy atom. The second-order valence-corrected chi connectivity index (χ2v) is 6.62. The van der Waals surface area contributed by atoms with E-state index in [4.69, 9.17) is 0 Å². The quantitative estimate of drug-likeness (QED) is 0.873. The summed E-state index contributed by atoms with van der Waals surface area (Å²) in [6, 6.07) is 7.76. The molecule has 7 heteroatoms. The van der Waals surface area contributed by atoms with E-state index in [1.54, 1.807) is 6.07 Å². The normalized spacial score (nSPS) is 20.8. The lowest BCUT2D eigenvalue weighted by Gasteiger charge is -2.36. The molecule has 2 N–H and O–H groups in total. The lowest BCUT2D eigenvalue weighted by Crippen LogP contribution is -2.44. The number of nitrogens with one attached hydrogen (secondary N) is 2. The first-order valence-electron chi connectivity index (χ1n) is 8.69. The number of hydrogen-bond acceptors (Lipinski definition) is 6. The number of anilines is 2. The molecular formula is C17H22N6O. The summed E-state index contributed by atoms with van der Waals surface area (Å²) in [6.07, 6.45) is 5.93. The summed E-state index contributed by atoms with van der Waals surface area (Å²) in [5.41, 5.74) is 0.939. The number of H-pyrrole nitrogens is 1. The van der Waals surface area contributed by atoms with Crippen molar-refractivity contribution in [2.45, 2.75) is 44.1 Å². The van der Waals surface area contributed by atoms with E-state index in [-0.39, 0.29) is 5.56 Å². The van der Waals surface area contributed by atoms with E-state index in [0.717, 1.165) is 43.3 Å². The molecule has 1 aliphatic carbocycles. The van der Waals surface area contributed by atoms with Crippen molar-refractivity contribution in [1.82, 2.24) is 20.4 Å². The fraction of sp³-hybridized carbons (Fsp3) is 0.529. The van der Waals surface area contributed by atoms with Crippen molar-refractivity contribution in [2.75, 3.05) is 23.3 Å². The maximum absolute atomic E-state index is 11.2. The molecule has 1 aliphatic heterocycles. The van der Waals surface area contributed by atoms with Gasteiger partial charge in [0.1, 0.15) is 11.6 Å². The summed E-state index contributed by atoms with van der Waals surface area (Å²) in [4.78, 5) is 13.5. The largest absolute Gasteiger partial charge is 0.367 e. The summed E-state index contributed by atoms with van der Waals surface area (Å²) in [7, 11) is 0. The highest BCUT2D eigenvalue weighted by atomic mass is 16.1. The van der Waals surface area contributed by atoms with Gasteiger partial charge < -0.3 is 10.2 Å². The highest BCUT2D eigenvalue weighted by molar-refractivity contribution is 5.40. The van der Waals surface area contributed by atoms with Crippen molar-refractivity contribution in [3.05, 3.63) is 40.3 Å². The number of aromatic nitrogens is 4. The van der Waals surface area contributed by atoms with Crippen molar-refractivity contribution in [1.29, 1.82) is 0 Å². The third kappa shape index (κ3) is 3.39. The number of rotatable bonds is 5. The zero-order valence-corrected chi connectivity index (χ0v) is 13.6. The first-order chi connectivity index (χ1) is 11.8. The highest BCUT2D eigenvalue weighted by Gasteiger charge is 2.26. The predicted molar refractivity (Wildman–Crippen MR) is 92.3 cm³/mol. The Kier molecular flexibility index (Phi) is 4.15. The molecule has 2 aromatic rings. The van der Waals surface area contributed by atoms with Gasteiger partial charge in [0.25, 0.3) is 5.56 Å². The standard InChI is InChI=1S/C17H22N6O/c24-17-9-8-16(21-22-17)23-10-2-1-3-13(23)11-18-15-7-6-14(19-20-15)12-4-5-12/h6-9,12-13H,1-5,10-11H2,(H,18,20)(H,22,24). The third-order valence-corrected chi connectivity index (χ3v) is 4.79. The van der Waals surface area contributed by atoms with Crippen LogP contribution in [0.4, 0.5) is 11.6 Å². The Bertz CT molecular complexity index is 719. The Labute approximate surface area is 140 Å². The first-order valence-corrected chi connectivity index (χ1v) is 8.69. The Morgan fingerprint density at radius 3 is 2.75 bits per heavy atom. The lowest BCUT2D eigenvalue weighted by atomic mass is 10.0. The summed E-state index contributed by atoms with van der Waals surface area (Å²) in [5.74, 6) is 2.28. The average Bonchev–Trinajstić information content (AvgIpc) is 3.47. The van der Waals surface area contributed by atoms with E-state index in [2.05, 4.69) is 36.7 Å². The van der Waals surface area contributed by atoms with Crippen LogP contribution in [0.1, 0.15) is 43.7 Å². The zero-order valence-electron chi connectivity index (χ0n) is 13.6. The lowest BCUT2D eigenvalue weighted by molar-refractivity contribution is 0.467. The van der Waals surface area contributed by atoms with E-state index >= 15 is 0 Å². The topological polar surface area (TPSA) is 86.8 Å². The van der Waals surface area contributed by atoms with Crippen molar-refractivity contribution in [2.24, 2.45) is 0 Å². The smallest absolute Gasteiger partial charge is 0.264 e. The van der Waals surface area contributed by atoms with Gasteiger partial charge in [0.05, 0.1) is 5.69 Å². The van der Waals surface area contributed by atoms with E-state index in [1.165, 1.54) is 25.3 Å². The number of hydrogen-bond donors (Lipinski definition) is 2. The summed E-state index contributed by atoms with van der Waals surface area (Å²) < 4.78 is 0. The molecule has 0 spiro atoms. The fourth-order valence-electron chi connectivity index (χ4n) is 3.27. The fourth-order valence-corrected chi connectivity index (χ4v) is 3.27. The summed E-state index contributed by atoms with van der Waals surface area (Å²) in [6.45, 7) is 1.75. The first kappa shape index (κ1) is 15.1.